The second kappa shape index (κ2) is 10.4. The van der Waals surface area contributed by atoms with Gasteiger partial charge in [0.05, 0.1) is 6.07 Å². The SMILES string of the molecule is CC(C)c1c(C(=O)C2=C[C@@H](C)CC(CCC#N)C2)n(CC2C=CN=C(C#N)C2)c(=O)[nH]c1=O. The molecule has 0 bridgehead atoms. The number of allylic oxidation sites excluding steroid dienone is 3. The molecule has 2 unspecified atom stereocenters. The summed E-state index contributed by atoms with van der Waals surface area (Å²) in [7, 11) is 0. The molecule has 0 amide bonds. The molecule has 3 atom stereocenters. The van der Waals surface area contributed by atoms with Crippen LogP contribution in [0.15, 0.2) is 38.5 Å². The summed E-state index contributed by atoms with van der Waals surface area (Å²) in [6, 6.07) is 4.22. The van der Waals surface area contributed by atoms with Crippen molar-refractivity contribution in [2.75, 3.05) is 0 Å². The van der Waals surface area contributed by atoms with Crippen molar-refractivity contribution in [1.82, 2.24) is 9.55 Å². The van der Waals surface area contributed by atoms with Crippen LogP contribution in [-0.2, 0) is 6.54 Å². The molecule has 2 aliphatic rings. The lowest BCUT2D eigenvalue weighted by molar-refractivity contribution is 0.100. The molecule has 2 heterocycles. The van der Waals surface area contributed by atoms with Gasteiger partial charge in [0, 0.05) is 37.1 Å². The third kappa shape index (κ3) is 5.46. The van der Waals surface area contributed by atoms with Crippen molar-refractivity contribution in [2.24, 2.45) is 22.7 Å². The van der Waals surface area contributed by atoms with Gasteiger partial charge in [0.15, 0.2) is 0 Å². The number of nitrogens with one attached hydrogen (secondary N) is 1. The van der Waals surface area contributed by atoms with Crippen LogP contribution in [0.4, 0.5) is 0 Å². The van der Waals surface area contributed by atoms with Crippen LogP contribution >= 0.6 is 0 Å². The van der Waals surface area contributed by atoms with Crippen molar-refractivity contribution in [3.05, 3.63) is 56.0 Å². The second-order valence-corrected chi connectivity index (χ2v) is 9.28. The largest absolute Gasteiger partial charge is 0.328 e. The number of rotatable bonds is 7. The molecule has 1 aliphatic heterocycles. The lowest BCUT2D eigenvalue weighted by atomic mass is 9.78. The normalized spacial score (nSPS) is 22.3. The molecular weight excluding hydrogens is 418 g/mol. The number of aliphatic imine (C=N–C) groups is 1. The maximum atomic E-state index is 13.8. The Kier molecular flexibility index (Phi) is 7.60. The fraction of sp³-hybridized carbons (Fsp3) is 0.520. The molecule has 0 aromatic carbocycles. The van der Waals surface area contributed by atoms with E-state index in [4.69, 9.17) is 5.26 Å². The van der Waals surface area contributed by atoms with Gasteiger partial charge in [-0.3, -0.25) is 24.1 Å². The Bertz CT molecular complexity index is 1220. The predicted molar refractivity (Wildman–Crippen MR) is 125 cm³/mol. The van der Waals surface area contributed by atoms with Crippen LogP contribution in [0.1, 0.15) is 74.8 Å². The number of Topliss-reactive ketones (excluding diaryl/α,β-unsaturated/α-hetero) is 1. The Morgan fingerprint density at radius 2 is 2.06 bits per heavy atom. The van der Waals surface area contributed by atoms with E-state index in [-0.39, 0.29) is 41.7 Å². The van der Waals surface area contributed by atoms with Gasteiger partial charge in [-0.2, -0.15) is 10.5 Å². The van der Waals surface area contributed by atoms with Crippen LogP contribution < -0.4 is 11.2 Å². The van der Waals surface area contributed by atoms with Crippen LogP contribution in [0.2, 0.25) is 0 Å². The Morgan fingerprint density at radius 3 is 2.73 bits per heavy atom. The first kappa shape index (κ1) is 24.1. The highest BCUT2D eigenvalue weighted by Gasteiger charge is 2.30. The first-order chi connectivity index (χ1) is 15.7. The van der Waals surface area contributed by atoms with Crippen LogP contribution in [0.3, 0.4) is 0 Å². The molecule has 0 saturated carbocycles. The predicted octanol–water partition coefficient (Wildman–Crippen LogP) is 3.62. The van der Waals surface area contributed by atoms with Gasteiger partial charge < -0.3 is 0 Å². The molecule has 0 radical (unpaired) electrons. The molecule has 0 fully saturated rings. The lowest BCUT2D eigenvalue weighted by Gasteiger charge is -2.27. The first-order valence-electron chi connectivity index (χ1n) is 11.4. The number of carbonyl (C=O) groups excluding carboxylic acids is 1. The summed E-state index contributed by atoms with van der Waals surface area (Å²) in [6.07, 6.45) is 8.22. The minimum absolute atomic E-state index is 0.132. The molecule has 1 N–H and O–H groups in total. The van der Waals surface area contributed by atoms with Crippen LogP contribution in [0.5, 0.6) is 0 Å². The fourth-order valence-corrected chi connectivity index (χ4v) is 4.81. The molecular formula is C25H29N5O3. The van der Waals surface area contributed by atoms with Gasteiger partial charge >= 0.3 is 5.69 Å². The summed E-state index contributed by atoms with van der Waals surface area (Å²) in [6.45, 7) is 5.85. The Morgan fingerprint density at radius 1 is 1.30 bits per heavy atom. The maximum Gasteiger partial charge on any atom is 0.328 e. The second-order valence-electron chi connectivity index (χ2n) is 9.28. The number of nitriles is 2. The third-order valence-electron chi connectivity index (χ3n) is 6.27. The molecule has 0 saturated heterocycles. The number of carbonyl (C=O) groups is 1. The van der Waals surface area contributed by atoms with E-state index in [0.29, 0.717) is 42.5 Å². The van der Waals surface area contributed by atoms with E-state index in [1.165, 1.54) is 4.57 Å². The summed E-state index contributed by atoms with van der Waals surface area (Å²) in [5.41, 5.74) is 0.205. The van der Waals surface area contributed by atoms with E-state index in [0.717, 1.165) is 6.42 Å². The molecule has 1 aromatic heterocycles. The zero-order chi connectivity index (χ0) is 24.1. The number of hydrogen-bond donors (Lipinski definition) is 1. The number of aromatic amines is 1. The summed E-state index contributed by atoms with van der Waals surface area (Å²) in [5, 5.41) is 18.2. The zero-order valence-electron chi connectivity index (χ0n) is 19.3. The van der Waals surface area contributed by atoms with E-state index in [1.807, 2.05) is 39.0 Å². The number of ketones is 1. The number of hydrogen-bond acceptors (Lipinski definition) is 6. The maximum absolute atomic E-state index is 13.8. The molecule has 172 valence electrons. The standard InChI is InChI=1S/C25H29N5O3/c1-15(2)21-22(23(31)19-10-16(3)9-17(11-19)5-4-7-26)30(25(33)29-24(21)32)14-18-6-8-28-20(12-18)13-27/h6,8,10,15-18H,4-5,9,11-12,14H2,1-3H3,(H,29,32,33)/t16-,17?,18?/m0/s1. The number of nitrogens with zero attached hydrogens (tertiary/aromatic N) is 4. The topological polar surface area (TPSA) is 132 Å². The summed E-state index contributed by atoms with van der Waals surface area (Å²) >= 11 is 0. The summed E-state index contributed by atoms with van der Waals surface area (Å²) in [5.74, 6) is -0.390. The first-order valence-corrected chi connectivity index (χ1v) is 11.4. The van der Waals surface area contributed by atoms with E-state index < -0.39 is 11.2 Å². The quantitative estimate of drug-likeness (QED) is 0.638. The molecule has 8 heteroatoms. The Hall–Kier alpha value is -3.52. The highest BCUT2D eigenvalue weighted by Crippen LogP contribution is 2.33. The van der Waals surface area contributed by atoms with Gasteiger partial charge in [0.2, 0.25) is 5.78 Å². The van der Waals surface area contributed by atoms with Crippen LogP contribution in [0.25, 0.3) is 0 Å². The lowest BCUT2D eigenvalue weighted by Crippen LogP contribution is -2.39. The summed E-state index contributed by atoms with van der Waals surface area (Å²) < 4.78 is 1.36. The van der Waals surface area contributed by atoms with Gasteiger partial charge in [0.25, 0.3) is 5.56 Å². The van der Waals surface area contributed by atoms with Crippen molar-refractivity contribution < 1.29 is 4.79 Å². The Balaban J connectivity index is 2.07. The monoisotopic (exact) mass is 447 g/mol. The fourth-order valence-electron chi connectivity index (χ4n) is 4.81. The number of aromatic nitrogens is 2. The molecule has 1 aliphatic carbocycles. The van der Waals surface area contributed by atoms with Gasteiger partial charge in [-0.1, -0.05) is 32.9 Å². The van der Waals surface area contributed by atoms with Crippen molar-refractivity contribution in [3.63, 3.8) is 0 Å². The van der Waals surface area contributed by atoms with Gasteiger partial charge in [0.1, 0.15) is 17.5 Å². The molecule has 1 aromatic rings. The van der Waals surface area contributed by atoms with E-state index in [9.17, 15) is 19.6 Å². The van der Waals surface area contributed by atoms with Gasteiger partial charge in [-0.25, -0.2) is 4.79 Å². The van der Waals surface area contributed by atoms with Gasteiger partial charge in [-0.15, -0.1) is 0 Å². The van der Waals surface area contributed by atoms with Crippen LogP contribution in [-0.4, -0.2) is 21.0 Å². The minimum atomic E-state index is -0.632. The smallest absolute Gasteiger partial charge is 0.289 e. The molecule has 33 heavy (non-hydrogen) atoms. The third-order valence-corrected chi connectivity index (χ3v) is 6.27. The van der Waals surface area contributed by atoms with E-state index in [1.54, 1.807) is 6.20 Å². The van der Waals surface area contributed by atoms with E-state index >= 15 is 0 Å². The van der Waals surface area contributed by atoms with Crippen molar-refractivity contribution in [3.8, 4) is 12.1 Å². The van der Waals surface area contributed by atoms with E-state index in [2.05, 4.69) is 16.0 Å². The van der Waals surface area contributed by atoms with Crippen molar-refractivity contribution >= 4 is 11.5 Å². The molecule has 8 nitrogen and oxygen atoms in total. The highest BCUT2D eigenvalue weighted by molar-refractivity contribution is 6.08. The average molecular weight is 448 g/mol. The van der Waals surface area contributed by atoms with Crippen molar-refractivity contribution in [1.29, 1.82) is 10.5 Å². The summed E-state index contributed by atoms with van der Waals surface area (Å²) in [4.78, 5) is 45.9. The van der Waals surface area contributed by atoms with Gasteiger partial charge in [-0.05, 0) is 42.6 Å². The molecule has 0 spiro atoms. The van der Waals surface area contributed by atoms with Crippen molar-refractivity contribution in [2.45, 2.75) is 65.3 Å². The minimum Gasteiger partial charge on any atom is -0.289 e. The zero-order valence-corrected chi connectivity index (χ0v) is 19.3. The number of H-pyrrole nitrogens is 1. The Labute approximate surface area is 193 Å². The highest BCUT2D eigenvalue weighted by atomic mass is 16.2. The van der Waals surface area contributed by atoms with Crippen LogP contribution in [0, 0.1) is 40.4 Å². The average Bonchev–Trinajstić information content (AvgIpc) is 2.78. The molecule has 3 rings (SSSR count).